The van der Waals surface area contributed by atoms with E-state index >= 15 is 0 Å². The van der Waals surface area contributed by atoms with Crippen molar-refractivity contribution in [3.63, 3.8) is 0 Å². The first kappa shape index (κ1) is 24.0. The molecule has 0 aliphatic carbocycles. The van der Waals surface area contributed by atoms with Gasteiger partial charge in [-0.3, -0.25) is 0 Å². The zero-order chi connectivity index (χ0) is 23.3. The average Bonchev–Trinajstić information content (AvgIpc) is 2.80. The Hall–Kier alpha value is -2.68. The number of aliphatic hydroxyl groups excluding tert-OH is 2. The predicted molar refractivity (Wildman–Crippen MR) is 118 cm³/mol. The van der Waals surface area contributed by atoms with Gasteiger partial charge in [0.1, 0.15) is 0 Å². The van der Waals surface area contributed by atoms with Crippen molar-refractivity contribution in [2.24, 2.45) is 5.92 Å². The number of aromatic hydroxyl groups is 2. The van der Waals surface area contributed by atoms with E-state index in [-0.39, 0.29) is 41.6 Å². The summed E-state index contributed by atoms with van der Waals surface area (Å²) in [5, 5.41) is 40.5. The molecule has 1 heterocycles. The highest BCUT2D eigenvalue weighted by Crippen LogP contribution is 2.45. The van der Waals surface area contributed by atoms with Crippen LogP contribution in [0.2, 0.25) is 0 Å². The van der Waals surface area contributed by atoms with Gasteiger partial charge in [0.05, 0.1) is 39.6 Å². The van der Waals surface area contributed by atoms with Crippen molar-refractivity contribution < 1.29 is 39.4 Å². The minimum absolute atomic E-state index is 0.0775. The smallest absolute Gasteiger partial charge is 0.200 e. The summed E-state index contributed by atoms with van der Waals surface area (Å²) >= 11 is 0. The van der Waals surface area contributed by atoms with Crippen LogP contribution in [0.1, 0.15) is 36.5 Å². The first-order valence-electron chi connectivity index (χ1n) is 10.7. The van der Waals surface area contributed by atoms with Gasteiger partial charge in [-0.1, -0.05) is 6.07 Å². The molecule has 1 saturated heterocycles. The van der Waals surface area contributed by atoms with Crippen molar-refractivity contribution in [2.75, 3.05) is 27.9 Å². The first-order chi connectivity index (χ1) is 15.4. The summed E-state index contributed by atoms with van der Waals surface area (Å²) in [5.74, 6) is 0.576. The summed E-state index contributed by atoms with van der Waals surface area (Å²) in [6.45, 7) is -0.0775. The van der Waals surface area contributed by atoms with Gasteiger partial charge in [0.2, 0.25) is 5.75 Å². The van der Waals surface area contributed by atoms with Crippen molar-refractivity contribution in [3.05, 3.63) is 41.5 Å². The Kier molecular flexibility index (Phi) is 8.06. The van der Waals surface area contributed by atoms with E-state index in [1.807, 2.05) is 6.07 Å². The van der Waals surface area contributed by atoms with Crippen molar-refractivity contribution in [2.45, 2.75) is 44.0 Å². The molecule has 1 aliphatic rings. The highest BCUT2D eigenvalue weighted by atomic mass is 16.5. The molecule has 4 atom stereocenters. The number of rotatable bonds is 9. The maximum Gasteiger partial charge on any atom is 0.200 e. The Morgan fingerprint density at radius 1 is 0.938 bits per heavy atom. The Balaban J connectivity index is 1.82. The Morgan fingerprint density at radius 2 is 1.59 bits per heavy atom. The van der Waals surface area contributed by atoms with E-state index < -0.39 is 12.2 Å². The van der Waals surface area contributed by atoms with Crippen LogP contribution < -0.4 is 14.2 Å². The number of aryl methyl sites for hydroxylation is 1. The number of benzene rings is 2. The van der Waals surface area contributed by atoms with Gasteiger partial charge in [0, 0.05) is 12.5 Å². The molecule has 0 saturated carbocycles. The molecule has 0 radical (unpaired) electrons. The Morgan fingerprint density at radius 3 is 2.19 bits per heavy atom. The molecular formula is C24H32O8. The van der Waals surface area contributed by atoms with Crippen LogP contribution in [0, 0.1) is 5.92 Å². The third kappa shape index (κ3) is 5.20. The van der Waals surface area contributed by atoms with E-state index in [0.717, 1.165) is 5.56 Å². The molecular weight excluding hydrogens is 416 g/mol. The van der Waals surface area contributed by atoms with Gasteiger partial charge in [-0.2, -0.15) is 0 Å². The Bertz CT molecular complexity index is 875. The minimum atomic E-state index is -0.661. The van der Waals surface area contributed by atoms with Crippen LogP contribution in [0.3, 0.4) is 0 Å². The third-order valence-electron chi connectivity index (χ3n) is 6.02. The summed E-state index contributed by atoms with van der Waals surface area (Å²) < 4.78 is 22.1. The van der Waals surface area contributed by atoms with Crippen molar-refractivity contribution in [3.8, 4) is 28.7 Å². The van der Waals surface area contributed by atoms with Crippen LogP contribution in [-0.4, -0.2) is 60.6 Å². The van der Waals surface area contributed by atoms with Crippen molar-refractivity contribution in [1.29, 1.82) is 0 Å². The molecule has 2 aromatic carbocycles. The summed E-state index contributed by atoms with van der Waals surface area (Å²) in [6, 6.07) is 8.56. The van der Waals surface area contributed by atoms with Gasteiger partial charge in [-0.05, 0) is 61.1 Å². The van der Waals surface area contributed by atoms with Crippen molar-refractivity contribution in [1.82, 2.24) is 0 Å². The molecule has 4 unspecified atom stereocenters. The quantitative estimate of drug-likeness (QED) is 0.463. The fourth-order valence-corrected chi connectivity index (χ4v) is 4.30. The second kappa shape index (κ2) is 10.8. The normalized spacial score (nSPS) is 23.0. The molecule has 4 N–H and O–H groups in total. The number of hydrogen-bond acceptors (Lipinski definition) is 8. The lowest BCUT2D eigenvalue weighted by Gasteiger charge is -2.40. The van der Waals surface area contributed by atoms with E-state index in [1.54, 1.807) is 24.3 Å². The lowest BCUT2D eigenvalue weighted by atomic mass is 9.82. The van der Waals surface area contributed by atoms with E-state index in [2.05, 4.69) is 0 Å². The van der Waals surface area contributed by atoms with Gasteiger partial charge < -0.3 is 39.4 Å². The number of phenols is 2. The molecule has 0 bridgehead atoms. The topological polar surface area (TPSA) is 118 Å². The summed E-state index contributed by atoms with van der Waals surface area (Å²) in [5.41, 5.74) is 1.68. The number of ether oxygens (including phenoxy) is 4. The number of methoxy groups -OCH3 is 3. The van der Waals surface area contributed by atoms with E-state index in [1.165, 1.54) is 21.3 Å². The molecule has 176 valence electrons. The fourth-order valence-electron chi connectivity index (χ4n) is 4.30. The lowest BCUT2D eigenvalue weighted by molar-refractivity contribution is -0.144. The molecule has 0 aromatic heterocycles. The molecule has 1 fully saturated rings. The predicted octanol–water partition coefficient (Wildman–Crippen LogP) is 2.95. The summed E-state index contributed by atoms with van der Waals surface area (Å²) in [7, 11) is 4.41. The van der Waals surface area contributed by atoms with Gasteiger partial charge in [0.25, 0.3) is 0 Å². The Labute approximate surface area is 187 Å². The van der Waals surface area contributed by atoms with Crippen LogP contribution in [0.15, 0.2) is 30.3 Å². The van der Waals surface area contributed by atoms with E-state index in [4.69, 9.17) is 18.9 Å². The molecule has 0 spiro atoms. The molecule has 3 rings (SSSR count). The largest absolute Gasteiger partial charge is 0.504 e. The van der Waals surface area contributed by atoms with Crippen LogP contribution >= 0.6 is 0 Å². The molecule has 1 aliphatic heterocycles. The highest BCUT2D eigenvalue weighted by molar-refractivity contribution is 5.53. The molecule has 8 nitrogen and oxygen atoms in total. The van der Waals surface area contributed by atoms with E-state index in [9.17, 15) is 20.4 Å². The SMILES string of the molecule is COc1cc(CCC2CC(O)C(CCO)C(c3cc(OC)c(O)c(OC)c3)O2)ccc1O. The van der Waals surface area contributed by atoms with Crippen LogP contribution in [-0.2, 0) is 11.2 Å². The first-order valence-corrected chi connectivity index (χ1v) is 10.7. The van der Waals surface area contributed by atoms with Gasteiger partial charge in [0.15, 0.2) is 23.0 Å². The maximum atomic E-state index is 10.9. The average molecular weight is 449 g/mol. The molecule has 2 aromatic rings. The zero-order valence-corrected chi connectivity index (χ0v) is 18.7. The van der Waals surface area contributed by atoms with Gasteiger partial charge in [-0.25, -0.2) is 0 Å². The standard InChI is InChI=1S/C24H32O8/c1-29-20-10-14(5-7-18(20)26)4-6-16-13-19(27)17(8-9-25)24(32-16)15-11-21(30-2)23(28)22(12-15)31-3/h5,7,10-12,16-17,19,24-28H,4,6,8-9,13H2,1-3H3. The van der Waals surface area contributed by atoms with Crippen molar-refractivity contribution >= 4 is 0 Å². The summed E-state index contributed by atoms with van der Waals surface area (Å²) in [4.78, 5) is 0. The minimum Gasteiger partial charge on any atom is -0.504 e. The highest BCUT2D eigenvalue weighted by Gasteiger charge is 2.39. The van der Waals surface area contributed by atoms with E-state index in [0.29, 0.717) is 37.0 Å². The monoisotopic (exact) mass is 448 g/mol. The molecule has 8 heteroatoms. The number of aliphatic hydroxyl groups is 2. The lowest BCUT2D eigenvalue weighted by Crippen LogP contribution is -2.40. The fraction of sp³-hybridized carbons (Fsp3) is 0.500. The molecule has 0 amide bonds. The van der Waals surface area contributed by atoms with Gasteiger partial charge >= 0.3 is 0 Å². The second-order valence-electron chi connectivity index (χ2n) is 7.98. The maximum absolute atomic E-state index is 10.9. The van der Waals surface area contributed by atoms with Crippen LogP contribution in [0.4, 0.5) is 0 Å². The third-order valence-corrected chi connectivity index (χ3v) is 6.02. The number of hydrogen-bond donors (Lipinski definition) is 4. The second-order valence-corrected chi connectivity index (χ2v) is 7.98. The zero-order valence-electron chi connectivity index (χ0n) is 18.7. The number of phenolic OH excluding ortho intramolecular Hbond substituents is 2. The van der Waals surface area contributed by atoms with Crippen LogP contribution in [0.25, 0.3) is 0 Å². The summed E-state index contributed by atoms with van der Waals surface area (Å²) in [6.07, 6.45) is 0.755. The van der Waals surface area contributed by atoms with Gasteiger partial charge in [-0.15, -0.1) is 0 Å². The van der Waals surface area contributed by atoms with Crippen LogP contribution in [0.5, 0.6) is 28.7 Å². The molecule has 32 heavy (non-hydrogen) atoms.